The first-order chi connectivity index (χ1) is 16.2. The summed E-state index contributed by atoms with van der Waals surface area (Å²) in [6.45, 7) is 13.4. The summed E-state index contributed by atoms with van der Waals surface area (Å²) in [4.78, 5) is 12.1. The molecule has 0 aromatic carbocycles. The van der Waals surface area contributed by atoms with Crippen molar-refractivity contribution >= 4 is 6.09 Å². The van der Waals surface area contributed by atoms with Gasteiger partial charge in [-0.25, -0.2) is 4.79 Å². The maximum Gasteiger partial charge on any atom is 0.407 e. The smallest absolute Gasteiger partial charge is 0.407 e. The normalized spacial score (nSPS) is 40.1. The SMILES string of the molecule is CC(C)CCCC(C)C1CCC2C3CC=C4CC(OC(=O)NCCN)CCC4(C)C3CCC12C. The van der Waals surface area contributed by atoms with Gasteiger partial charge in [0.25, 0.3) is 0 Å². The highest BCUT2D eigenvalue weighted by molar-refractivity contribution is 5.67. The van der Waals surface area contributed by atoms with Crippen molar-refractivity contribution in [3.05, 3.63) is 11.6 Å². The molecule has 0 aromatic heterocycles. The second kappa shape index (κ2) is 10.5. The molecule has 1 amide bonds. The Morgan fingerprint density at radius 3 is 2.65 bits per heavy atom. The summed E-state index contributed by atoms with van der Waals surface area (Å²) in [5.41, 5.74) is 7.93. The minimum atomic E-state index is -0.304. The van der Waals surface area contributed by atoms with Crippen LogP contribution in [0.15, 0.2) is 11.6 Å². The van der Waals surface area contributed by atoms with Gasteiger partial charge in [0.1, 0.15) is 6.10 Å². The summed E-state index contributed by atoms with van der Waals surface area (Å²) in [7, 11) is 0. The van der Waals surface area contributed by atoms with E-state index in [0.717, 1.165) is 54.8 Å². The van der Waals surface area contributed by atoms with E-state index in [1.807, 2.05) is 0 Å². The number of fused-ring (bicyclic) bond motifs is 5. The van der Waals surface area contributed by atoms with Crippen LogP contribution in [0, 0.1) is 46.3 Å². The minimum Gasteiger partial charge on any atom is -0.446 e. The van der Waals surface area contributed by atoms with Crippen LogP contribution in [0.1, 0.15) is 105 Å². The molecule has 3 saturated carbocycles. The molecule has 3 fully saturated rings. The van der Waals surface area contributed by atoms with Crippen LogP contribution in [0.25, 0.3) is 0 Å². The van der Waals surface area contributed by atoms with Gasteiger partial charge in [-0.1, -0.05) is 65.5 Å². The Balaban J connectivity index is 1.41. The molecule has 4 aliphatic carbocycles. The van der Waals surface area contributed by atoms with Gasteiger partial charge in [-0.05, 0) is 91.3 Å². The van der Waals surface area contributed by atoms with Crippen LogP contribution in [0.4, 0.5) is 4.79 Å². The zero-order valence-corrected chi connectivity index (χ0v) is 22.7. The monoisotopic (exact) mass is 472 g/mol. The Hall–Kier alpha value is -1.03. The molecule has 0 bridgehead atoms. The minimum absolute atomic E-state index is 0.0186. The summed E-state index contributed by atoms with van der Waals surface area (Å²) in [5, 5.41) is 2.76. The predicted molar refractivity (Wildman–Crippen MR) is 140 cm³/mol. The van der Waals surface area contributed by atoms with Crippen molar-refractivity contribution in [3.63, 3.8) is 0 Å². The average molecular weight is 473 g/mol. The van der Waals surface area contributed by atoms with Crippen LogP contribution < -0.4 is 11.1 Å². The number of amides is 1. The van der Waals surface area contributed by atoms with Gasteiger partial charge in [-0.15, -0.1) is 0 Å². The molecular weight excluding hydrogens is 420 g/mol. The van der Waals surface area contributed by atoms with Crippen LogP contribution in [-0.2, 0) is 4.74 Å². The van der Waals surface area contributed by atoms with Crippen LogP contribution in [-0.4, -0.2) is 25.3 Å². The number of allylic oxidation sites excluding steroid dienone is 1. The lowest BCUT2D eigenvalue weighted by Crippen LogP contribution is -2.51. The lowest BCUT2D eigenvalue weighted by atomic mass is 9.47. The lowest BCUT2D eigenvalue weighted by Gasteiger charge is -2.58. The van der Waals surface area contributed by atoms with Crippen molar-refractivity contribution in [2.75, 3.05) is 13.1 Å². The fourth-order valence-corrected chi connectivity index (χ4v) is 9.12. The highest BCUT2D eigenvalue weighted by Crippen LogP contribution is 2.67. The van der Waals surface area contributed by atoms with Crippen molar-refractivity contribution in [2.45, 2.75) is 111 Å². The fraction of sp³-hybridized carbons (Fsp3) is 0.900. The fourth-order valence-electron chi connectivity index (χ4n) is 9.12. The Morgan fingerprint density at radius 2 is 1.91 bits per heavy atom. The number of ether oxygens (including phenoxy) is 1. The first kappa shape index (κ1) is 26.0. The van der Waals surface area contributed by atoms with Crippen molar-refractivity contribution in [2.24, 2.45) is 52.1 Å². The highest BCUT2D eigenvalue weighted by Gasteiger charge is 2.59. The van der Waals surface area contributed by atoms with E-state index in [2.05, 4.69) is 46.0 Å². The van der Waals surface area contributed by atoms with Crippen molar-refractivity contribution in [3.8, 4) is 0 Å². The molecule has 0 heterocycles. The van der Waals surface area contributed by atoms with E-state index in [9.17, 15) is 4.79 Å². The summed E-state index contributed by atoms with van der Waals surface area (Å²) in [5.74, 6) is 5.18. The molecule has 0 aromatic rings. The van der Waals surface area contributed by atoms with E-state index in [1.54, 1.807) is 5.57 Å². The molecule has 0 spiro atoms. The van der Waals surface area contributed by atoms with Crippen LogP contribution >= 0.6 is 0 Å². The standard InChI is InChI=1S/C30H52N2O2/c1-20(2)7-6-8-21(3)25-11-12-26-24-10-9-22-19-23(34-28(33)32-18-17-31)13-15-29(22,4)27(24)14-16-30(25,26)5/h9,20-21,23-27H,6-8,10-19,31H2,1-5H3,(H,32,33). The Labute approximate surface area is 209 Å². The van der Waals surface area contributed by atoms with Gasteiger partial charge in [0.15, 0.2) is 0 Å². The average Bonchev–Trinajstić information content (AvgIpc) is 3.15. The Kier molecular flexibility index (Phi) is 8.06. The third kappa shape index (κ3) is 4.95. The van der Waals surface area contributed by atoms with E-state index in [-0.39, 0.29) is 12.2 Å². The molecule has 0 saturated heterocycles. The maximum atomic E-state index is 12.1. The molecule has 8 atom stereocenters. The van der Waals surface area contributed by atoms with E-state index in [0.29, 0.717) is 23.9 Å². The highest BCUT2D eigenvalue weighted by atomic mass is 16.6. The van der Waals surface area contributed by atoms with Gasteiger partial charge in [0, 0.05) is 19.5 Å². The van der Waals surface area contributed by atoms with E-state index < -0.39 is 0 Å². The third-order valence-electron chi connectivity index (χ3n) is 10.9. The van der Waals surface area contributed by atoms with Crippen LogP contribution in [0.5, 0.6) is 0 Å². The predicted octanol–water partition coefficient (Wildman–Crippen LogP) is 7.08. The molecule has 3 N–H and O–H groups in total. The van der Waals surface area contributed by atoms with Crippen molar-refractivity contribution in [1.29, 1.82) is 0 Å². The molecule has 4 nitrogen and oxygen atoms in total. The molecule has 0 radical (unpaired) electrons. The van der Waals surface area contributed by atoms with Gasteiger partial charge < -0.3 is 15.8 Å². The maximum absolute atomic E-state index is 12.1. The number of hydrogen-bond acceptors (Lipinski definition) is 3. The zero-order chi connectivity index (χ0) is 24.5. The summed E-state index contributed by atoms with van der Waals surface area (Å²) in [6, 6.07) is 0. The second-order valence-electron chi connectivity index (χ2n) is 13.3. The first-order valence-corrected chi connectivity index (χ1v) is 14.5. The lowest BCUT2D eigenvalue weighted by molar-refractivity contribution is -0.0581. The quantitative estimate of drug-likeness (QED) is 0.371. The topological polar surface area (TPSA) is 64.3 Å². The molecule has 34 heavy (non-hydrogen) atoms. The zero-order valence-electron chi connectivity index (χ0n) is 22.7. The van der Waals surface area contributed by atoms with E-state index in [1.165, 1.54) is 51.4 Å². The number of carbonyl (C=O) groups is 1. The second-order valence-corrected chi connectivity index (χ2v) is 13.3. The largest absolute Gasteiger partial charge is 0.446 e. The summed E-state index contributed by atoms with van der Waals surface area (Å²) >= 11 is 0. The Morgan fingerprint density at radius 1 is 1.12 bits per heavy atom. The van der Waals surface area contributed by atoms with Gasteiger partial charge >= 0.3 is 6.09 Å². The Bertz CT molecular complexity index is 748. The number of alkyl carbamates (subject to hydrolysis) is 1. The van der Waals surface area contributed by atoms with Gasteiger partial charge in [-0.2, -0.15) is 0 Å². The summed E-state index contributed by atoms with van der Waals surface area (Å²) in [6.07, 6.45) is 16.5. The summed E-state index contributed by atoms with van der Waals surface area (Å²) < 4.78 is 5.75. The van der Waals surface area contributed by atoms with E-state index >= 15 is 0 Å². The molecule has 194 valence electrons. The molecule has 4 aliphatic rings. The number of nitrogens with one attached hydrogen (secondary N) is 1. The van der Waals surface area contributed by atoms with Crippen molar-refractivity contribution in [1.82, 2.24) is 5.32 Å². The number of nitrogens with two attached hydrogens (primary N) is 1. The molecule has 0 aliphatic heterocycles. The molecule has 4 heteroatoms. The molecule has 8 unspecified atom stereocenters. The van der Waals surface area contributed by atoms with Crippen LogP contribution in [0.3, 0.4) is 0 Å². The first-order valence-electron chi connectivity index (χ1n) is 14.5. The number of carbonyl (C=O) groups excluding carboxylic acids is 1. The molecule has 4 rings (SSSR count). The van der Waals surface area contributed by atoms with Gasteiger partial charge in [-0.3, -0.25) is 0 Å². The van der Waals surface area contributed by atoms with E-state index in [4.69, 9.17) is 10.5 Å². The van der Waals surface area contributed by atoms with Gasteiger partial charge in [0.05, 0.1) is 0 Å². The number of hydrogen-bond donors (Lipinski definition) is 2. The molecular formula is C30H52N2O2. The van der Waals surface area contributed by atoms with Crippen molar-refractivity contribution < 1.29 is 9.53 Å². The van der Waals surface area contributed by atoms with Gasteiger partial charge in [0.2, 0.25) is 0 Å². The third-order valence-corrected chi connectivity index (χ3v) is 10.9. The number of rotatable bonds is 8. The van der Waals surface area contributed by atoms with Crippen LogP contribution in [0.2, 0.25) is 0 Å².